The molecule has 1 aromatic rings. The first-order chi connectivity index (χ1) is 10.2. The number of hydrogen-bond donors (Lipinski definition) is 1. The Morgan fingerprint density at radius 2 is 2.05 bits per heavy atom. The smallest absolute Gasteiger partial charge is 0.411 e. The molecule has 21 heavy (non-hydrogen) atoms. The Labute approximate surface area is 123 Å². The Bertz CT molecular complexity index is 489. The Morgan fingerprint density at radius 1 is 1.33 bits per heavy atom. The number of nitrogens with one attached hydrogen (secondary N) is 1. The monoisotopic (exact) mass is 293 g/mol. The van der Waals surface area contributed by atoms with Crippen LogP contribution in [0.4, 0.5) is 16.3 Å². The van der Waals surface area contributed by atoms with Gasteiger partial charge in [-0.15, -0.1) is 0 Å². The minimum absolute atomic E-state index is 0.372. The van der Waals surface area contributed by atoms with Crippen LogP contribution >= 0.6 is 0 Å². The van der Waals surface area contributed by atoms with E-state index in [2.05, 4.69) is 19.9 Å². The van der Waals surface area contributed by atoms with Gasteiger partial charge in [0.05, 0.1) is 32.2 Å². The quantitative estimate of drug-likeness (QED) is 0.893. The molecule has 0 radical (unpaired) electrons. The third kappa shape index (κ3) is 3.08. The molecule has 3 heterocycles. The average Bonchev–Trinajstić information content (AvgIpc) is 2.97. The first kappa shape index (κ1) is 14.1. The van der Waals surface area contributed by atoms with Crippen LogP contribution in [0.25, 0.3) is 0 Å². The van der Waals surface area contributed by atoms with Crippen molar-refractivity contribution >= 4 is 17.6 Å². The number of methoxy groups -OCH3 is 1. The van der Waals surface area contributed by atoms with E-state index in [4.69, 9.17) is 9.47 Å². The summed E-state index contributed by atoms with van der Waals surface area (Å²) in [6.07, 6.45) is 2.81. The normalized spacial score (nSPS) is 20.5. The molecule has 0 saturated carbocycles. The number of nitrogens with zero attached hydrogens (tertiary/aromatic N) is 2. The molecule has 114 valence electrons. The fourth-order valence-electron chi connectivity index (χ4n) is 2.68. The first-order valence-corrected chi connectivity index (χ1v) is 7.05. The summed E-state index contributed by atoms with van der Waals surface area (Å²) < 4.78 is 16.0. The van der Waals surface area contributed by atoms with E-state index in [0.29, 0.717) is 18.9 Å². The zero-order valence-electron chi connectivity index (χ0n) is 12.0. The van der Waals surface area contributed by atoms with Gasteiger partial charge in [-0.1, -0.05) is 0 Å². The predicted molar refractivity (Wildman–Crippen MR) is 76.3 cm³/mol. The van der Waals surface area contributed by atoms with Crippen LogP contribution in [0.5, 0.6) is 0 Å². The highest BCUT2D eigenvalue weighted by atomic mass is 16.7. The molecule has 1 amide bonds. The van der Waals surface area contributed by atoms with E-state index in [-0.39, 0.29) is 5.79 Å². The van der Waals surface area contributed by atoms with E-state index in [1.165, 1.54) is 7.11 Å². The summed E-state index contributed by atoms with van der Waals surface area (Å²) in [7, 11) is 1.33. The lowest BCUT2D eigenvalue weighted by atomic mass is 10.0. The van der Waals surface area contributed by atoms with Crippen molar-refractivity contribution in [3.63, 3.8) is 0 Å². The van der Waals surface area contributed by atoms with Crippen molar-refractivity contribution in [3.8, 4) is 0 Å². The maximum atomic E-state index is 11.1. The van der Waals surface area contributed by atoms with Crippen molar-refractivity contribution in [1.29, 1.82) is 0 Å². The minimum atomic E-state index is -0.500. The highest BCUT2D eigenvalue weighted by Crippen LogP contribution is 2.32. The van der Waals surface area contributed by atoms with E-state index in [1.54, 1.807) is 6.20 Å². The molecule has 1 spiro atoms. The summed E-state index contributed by atoms with van der Waals surface area (Å²) in [5.41, 5.74) is 0.613. The molecule has 2 saturated heterocycles. The van der Waals surface area contributed by atoms with Gasteiger partial charge in [-0.25, -0.2) is 9.78 Å². The van der Waals surface area contributed by atoms with Crippen LogP contribution in [0.15, 0.2) is 18.3 Å². The average molecular weight is 293 g/mol. The number of aromatic nitrogens is 1. The second kappa shape index (κ2) is 5.87. The number of piperidine rings is 1. The first-order valence-electron chi connectivity index (χ1n) is 7.05. The summed E-state index contributed by atoms with van der Waals surface area (Å²) in [5, 5.41) is 2.58. The van der Waals surface area contributed by atoms with Gasteiger partial charge in [0.15, 0.2) is 5.79 Å². The molecule has 7 heteroatoms. The van der Waals surface area contributed by atoms with Gasteiger partial charge in [-0.2, -0.15) is 0 Å². The Morgan fingerprint density at radius 3 is 2.62 bits per heavy atom. The molecule has 1 aromatic heterocycles. The topological polar surface area (TPSA) is 72.9 Å². The second-order valence-corrected chi connectivity index (χ2v) is 5.12. The van der Waals surface area contributed by atoms with Crippen LogP contribution < -0.4 is 10.2 Å². The molecule has 2 fully saturated rings. The fourth-order valence-corrected chi connectivity index (χ4v) is 2.68. The van der Waals surface area contributed by atoms with Crippen molar-refractivity contribution in [1.82, 2.24) is 4.98 Å². The molecule has 0 atom stereocenters. The number of carbonyl (C=O) groups excluding carboxylic acids is 1. The van der Waals surface area contributed by atoms with Crippen molar-refractivity contribution in [2.24, 2.45) is 0 Å². The summed E-state index contributed by atoms with van der Waals surface area (Å²) in [5.74, 6) is 0.515. The van der Waals surface area contributed by atoms with Gasteiger partial charge in [-0.3, -0.25) is 5.32 Å². The Kier molecular flexibility index (Phi) is 3.94. The molecule has 2 aliphatic heterocycles. The van der Waals surface area contributed by atoms with Crippen LogP contribution in [0.3, 0.4) is 0 Å². The zero-order valence-corrected chi connectivity index (χ0v) is 12.0. The number of rotatable bonds is 2. The molecule has 0 aliphatic carbocycles. The molecule has 0 unspecified atom stereocenters. The van der Waals surface area contributed by atoms with Crippen LogP contribution in [-0.2, 0) is 14.2 Å². The summed E-state index contributed by atoms with van der Waals surface area (Å²) >= 11 is 0. The van der Waals surface area contributed by atoms with Crippen LogP contribution in [0.1, 0.15) is 12.8 Å². The lowest BCUT2D eigenvalue weighted by molar-refractivity contribution is -0.169. The summed E-state index contributed by atoms with van der Waals surface area (Å²) in [6, 6.07) is 3.70. The third-order valence-corrected chi connectivity index (χ3v) is 3.84. The zero-order chi connectivity index (χ0) is 14.7. The Hall–Kier alpha value is -1.86. The molecule has 0 bridgehead atoms. The predicted octanol–water partition coefficient (Wildman–Crippen LogP) is 1.60. The molecule has 1 N–H and O–H groups in total. The van der Waals surface area contributed by atoms with E-state index >= 15 is 0 Å². The maximum absolute atomic E-state index is 11.1. The van der Waals surface area contributed by atoms with Crippen LogP contribution in [-0.4, -0.2) is 50.3 Å². The number of hydrogen-bond acceptors (Lipinski definition) is 6. The van der Waals surface area contributed by atoms with Crippen molar-refractivity contribution < 1.29 is 19.0 Å². The number of ether oxygens (including phenoxy) is 3. The molecule has 2 aliphatic rings. The largest absolute Gasteiger partial charge is 0.453 e. The van der Waals surface area contributed by atoms with Gasteiger partial charge < -0.3 is 19.1 Å². The molecular weight excluding hydrogens is 274 g/mol. The third-order valence-electron chi connectivity index (χ3n) is 3.84. The fraction of sp³-hybridized carbons (Fsp3) is 0.571. The molecule has 7 nitrogen and oxygen atoms in total. The van der Waals surface area contributed by atoms with E-state index < -0.39 is 6.09 Å². The van der Waals surface area contributed by atoms with E-state index in [0.717, 1.165) is 31.7 Å². The lowest BCUT2D eigenvalue weighted by Crippen LogP contribution is -2.45. The number of pyridine rings is 1. The van der Waals surface area contributed by atoms with E-state index in [1.807, 2.05) is 12.1 Å². The molecule has 0 aromatic carbocycles. The van der Waals surface area contributed by atoms with Gasteiger partial charge in [0.2, 0.25) is 0 Å². The summed E-state index contributed by atoms with van der Waals surface area (Å²) in [4.78, 5) is 17.7. The molecular formula is C14H19N3O4. The lowest BCUT2D eigenvalue weighted by Gasteiger charge is -2.38. The van der Waals surface area contributed by atoms with Gasteiger partial charge in [0.1, 0.15) is 5.82 Å². The highest BCUT2D eigenvalue weighted by Gasteiger charge is 2.39. The maximum Gasteiger partial charge on any atom is 0.411 e. The van der Waals surface area contributed by atoms with Gasteiger partial charge in [0.25, 0.3) is 0 Å². The van der Waals surface area contributed by atoms with Crippen molar-refractivity contribution in [2.75, 3.05) is 43.6 Å². The number of anilines is 2. The van der Waals surface area contributed by atoms with Gasteiger partial charge in [0, 0.05) is 25.9 Å². The minimum Gasteiger partial charge on any atom is -0.453 e. The number of carbonyl (C=O) groups is 1. The highest BCUT2D eigenvalue weighted by molar-refractivity contribution is 5.84. The summed E-state index contributed by atoms with van der Waals surface area (Å²) in [6.45, 7) is 3.06. The van der Waals surface area contributed by atoms with Crippen LogP contribution in [0.2, 0.25) is 0 Å². The van der Waals surface area contributed by atoms with Crippen molar-refractivity contribution in [3.05, 3.63) is 18.3 Å². The van der Waals surface area contributed by atoms with Gasteiger partial charge >= 0.3 is 6.09 Å². The van der Waals surface area contributed by atoms with Crippen molar-refractivity contribution in [2.45, 2.75) is 18.6 Å². The van der Waals surface area contributed by atoms with Crippen LogP contribution in [0, 0.1) is 0 Å². The SMILES string of the molecule is COC(=O)Nc1ccc(N2CCC3(CC2)OCCO3)nc1. The van der Waals surface area contributed by atoms with Gasteiger partial charge in [-0.05, 0) is 12.1 Å². The second-order valence-electron chi connectivity index (χ2n) is 5.12. The number of amides is 1. The Balaban J connectivity index is 1.59. The van der Waals surface area contributed by atoms with E-state index in [9.17, 15) is 4.79 Å². The standard InChI is InChI=1S/C14H19N3O4/c1-19-13(18)16-11-2-3-12(15-10-11)17-6-4-14(5-7-17)20-8-9-21-14/h2-3,10H,4-9H2,1H3,(H,16,18). The molecule has 3 rings (SSSR count).